The van der Waals surface area contributed by atoms with E-state index in [0.29, 0.717) is 17.1 Å². The number of carbonyl (C=O) groups is 1. The van der Waals surface area contributed by atoms with Crippen LogP contribution in [0.4, 0.5) is 10.5 Å². The van der Waals surface area contributed by atoms with Crippen molar-refractivity contribution >= 4 is 35.2 Å². The summed E-state index contributed by atoms with van der Waals surface area (Å²) in [7, 11) is 0. The van der Waals surface area contributed by atoms with Crippen molar-refractivity contribution < 1.29 is 14.6 Å². The molecule has 2 aromatic rings. The van der Waals surface area contributed by atoms with Crippen LogP contribution < -0.4 is 16.0 Å². The van der Waals surface area contributed by atoms with Crippen molar-refractivity contribution in [2.45, 2.75) is 50.2 Å². The fourth-order valence-corrected chi connectivity index (χ4v) is 5.13. The highest BCUT2D eigenvalue weighted by molar-refractivity contribution is 6.33. The average Bonchev–Trinajstić information content (AvgIpc) is 3.50. The molecule has 1 aliphatic carbocycles. The van der Waals surface area contributed by atoms with Crippen LogP contribution in [-0.4, -0.2) is 53.7 Å². The Bertz CT molecular complexity index is 1070. The Hall–Kier alpha value is -3.10. The first kappa shape index (κ1) is 25.0. The number of halogens is 1. The molecule has 2 saturated heterocycles. The van der Waals surface area contributed by atoms with Gasteiger partial charge in [-0.15, -0.1) is 0 Å². The number of amides is 1. The van der Waals surface area contributed by atoms with Crippen LogP contribution in [0.25, 0.3) is 16.7 Å². The van der Waals surface area contributed by atoms with Gasteiger partial charge in [-0.25, -0.2) is 4.79 Å². The zero-order valence-electron chi connectivity index (χ0n) is 19.7. The van der Waals surface area contributed by atoms with E-state index in [1.807, 2.05) is 30.5 Å². The molecule has 0 unspecified atom stereocenters. The SMILES string of the molecule is N=C/C(=C\N)c1ccc(-c2cncc(Cl)c2N2CCC3(CC2)CNC(=O)O3)cc1.OC1CCCC1. The summed E-state index contributed by atoms with van der Waals surface area (Å²) in [6.07, 6.45) is 11.9. The van der Waals surface area contributed by atoms with Crippen molar-refractivity contribution in [2.24, 2.45) is 5.73 Å². The number of piperidine rings is 1. The summed E-state index contributed by atoms with van der Waals surface area (Å²) in [6, 6.07) is 7.82. The van der Waals surface area contributed by atoms with E-state index in [1.165, 1.54) is 25.3 Å². The van der Waals surface area contributed by atoms with E-state index < -0.39 is 5.60 Å². The van der Waals surface area contributed by atoms with E-state index in [-0.39, 0.29) is 12.2 Å². The number of anilines is 1. The fourth-order valence-electron chi connectivity index (χ4n) is 4.85. The molecular weight excluding hydrogens is 466 g/mol. The second kappa shape index (κ2) is 11.1. The maximum atomic E-state index is 11.5. The van der Waals surface area contributed by atoms with Crippen molar-refractivity contribution in [3.63, 3.8) is 0 Å². The molecule has 1 saturated carbocycles. The second-order valence-corrected chi connectivity index (χ2v) is 9.62. The molecule has 0 radical (unpaired) electrons. The molecule has 0 bridgehead atoms. The molecule has 186 valence electrons. The molecule has 1 spiro atoms. The Kier molecular flexibility index (Phi) is 7.93. The lowest BCUT2D eigenvalue weighted by Gasteiger charge is -2.39. The summed E-state index contributed by atoms with van der Waals surface area (Å²) in [5, 5.41) is 19.5. The van der Waals surface area contributed by atoms with E-state index in [1.54, 1.807) is 6.20 Å². The molecular formula is C26H32ClN5O3. The third-order valence-electron chi connectivity index (χ3n) is 6.92. The average molecular weight is 498 g/mol. The minimum Gasteiger partial charge on any atom is -0.441 e. The lowest BCUT2D eigenvalue weighted by molar-refractivity contribution is 0.0367. The third-order valence-corrected chi connectivity index (χ3v) is 7.19. The van der Waals surface area contributed by atoms with Gasteiger partial charge in [0.2, 0.25) is 0 Å². The van der Waals surface area contributed by atoms with Crippen molar-refractivity contribution in [1.82, 2.24) is 10.3 Å². The molecule has 1 amide bonds. The first-order valence-corrected chi connectivity index (χ1v) is 12.4. The van der Waals surface area contributed by atoms with Crippen molar-refractivity contribution in [3.05, 3.63) is 53.4 Å². The van der Waals surface area contributed by atoms with Gasteiger partial charge in [-0.3, -0.25) is 4.98 Å². The van der Waals surface area contributed by atoms with Crippen LogP contribution in [0.2, 0.25) is 5.02 Å². The standard InChI is InChI=1S/C21H22ClN5O2.C5H10O/c22-18-12-25-11-17(15-3-1-14(2-4-15)16(9-23)10-24)19(18)27-7-5-21(6-8-27)13-26-20(28)29-21;6-5-3-1-2-4-5/h1-4,9-12,23H,5-8,13,24H2,(H,26,28);5-6H,1-4H2/b16-10+,23-9?;. The van der Waals surface area contributed by atoms with Crippen molar-refractivity contribution in [2.75, 3.05) is 24.5 Å². The van der Waals surface area contributed by atoms with Crippen LogP contribution >= 0.6 is 11.6 Å². The van der Waals surface area contributed by atoms with Gasteiger partial charge >= 0.3 is 6.09 Å². The van der Waals surface area contributed by atoms with Crippen LogP contribution in [0.1, 0.15) is 44.1 Å². The molecule has 1 aromatic heterocycles. The van der Waals surface area contributed by atoms with Crippen LogP contribution in [0.5, 0.6) is 0 Å². The number of benzene rings is 1. The maximum Gasteiger partial charge on any atom is 0.407 e. The van der Waals surface area contributed by atoms with Gasteiger partial charge in [0.25, 0.3) is 0 Å². The minimum atomic E-state index is -0.410. The molecule has 0 atom stereocenters. The van der Waals surface area contributed by atoms with Crippen LogP contribution in [-0.2, 0) is 4.74 Å². The van der Waals surface area contributed by atoms with E-state index in [0.717, 1.165) is 61.2 Å². The molecule has 5 rings (SSSR count). The zero-order chi connectivity index (χ0) is 24.8. The topological polar surface area (TPSA) is 125 Å². The Morgan fingerprint density at radius 2 is 1.91 bits per heavy atom. The van der Waals surface area contributed by atoms with Gasteiger partial charge in [0.1, 0.15) is 5.60 Å². The number of ether oxygens (including phenoxy) is 1. The summed E-state index contributed by atoms with van der Waals surface area (Å²) in [4.78, 5) is 18.0. The summed E-state index contributed by atoms with van der Waals surface area (Å²) >= 11 is 6.56. The first-order valence-electron chi connectivity index (χ1n) is 12.0. The summed E-state index contributed by atoms with van der Waals surface area (Å²) in [5.74, 6) is 0. The summed E-state index contributed by atoms with van der Waals surface area (Å²) in [5.41, 5.74) is 9.55. The highest BCUT2D eigenvalue weighted by Gasteiger charge is 2.43. The number of aliphatic hydroxyl groups is 1. The Morgan fingerprint density at radius 1 is 1.23 bits per heavy atom. The number of aromatic nitrogens is 1. The number of nitrogens with zero attached hydrogens (tertiary/aromatic N) is 2. The Balaban J connectivity index is 0.000000421. The van der Waals surface area contributed by atoms with Gasteiger partial charge < -0.3 is 31.2 Å². The molecule has 3 aliphatic rings. The second-order valence-electron chi connectivity index (χ2n) is 9.21. The number of hydrogen-bond donors (Lipinski definition) is 4. The number of rotatable bonds is 4. The maximum absolute atomic E-state index is 11.5. The molecule has 3 fully saturated rings. The van der Waals surface area contributed by atoms with Gasteiger partial charge in [0, 0.05) is 61.9 Å². The number of pyridine rings is 1. The number of alkyl carbamates (subject to hydrolysis) is 1. The fraction of sp³-hybridized carbons (Fsp3) is 0.423. The molecule has 35 heavy (non-hydrogen) atoms. The third kappa shape index (κ3) is 5.77. The van der Waals surface area contributed by atoms with Gasteiger partial charge in [-0.1, -0.05) is 48.7 Å². The number of nitrogens with two attached hydrogens (primary N) is 1. The lowest BCUT2D eigenvalue weighted by atomic mass is 9.91. The summed E-state index contributed by atoms with van der Waals surface area (Å²) in [6.45, 7) is 2.03. The lowest BCUT2D eigenvalue weighted by Crippen LogP contribution is -2.46. The Labute approximate surface area is 210 Å². The first-order chi connectivity index (χ1) is 16.9. The molecule has 2 aliphatic heterocycles. The summed E-state index contributed by atoms with van der Waals surface area (Å²) < 4.78 is 5.52. The zero-order valence-corrected chi connectivity index (χ0v) is 20.4. The van der Waals surface area contributed by atoms with E-state index >= 15 is 0 Å². The van der Waals surface area contributed by atoms with E-state index in [2.05, 4.69) is 15.2 Å². The number of allylic oxidation sites excluding steroid dienone is 1. The minimum absolute atomic E-state index is 0.0463. The van der Waals surface area contributed by atoms with Gasteiger partial charge in [0.15, 0.2) is 0 Å². The number of carbonyl (C=O) groups excluding carboxylic acids is 1. The molecule has 8 nitrogen and oxygen atoms in total. The van der Waals surface area contributed by atoms with Crippen molar-refractivity contribution in [1.29, 1.82) is 5.41 Å². The predicted molar refractivity (Wildman–Crippen MR) is 139 cm³/mol. The predicted octanol–water partition coefficient (Wildman–Crippen LogP) is 4.35. The smallest absolute Gasteiger partial charge is 0.407 e. The Morgan fingerprint density at radius 3 is 2.43 bits per heavy atom. The monoisotopic (exact) mass is 497 g/mol. The van der Waals surface area contributed by atoms with Gasteiger partial charge in [0.05, 0.1) is 23.4 Å². The molecule has 9 heteroatoms. The number of aliphatic hydroxyl groups excluding tert-OH is 1. The molecule has 3 heterocycles. The highest BCUT2D eigenvalue weighted by Crippen LogP contribution is 2.40. The van der Waals surface area contributed by atoms with Gasteiger partial charge in [-0.2, -0.15) is 0 Å². The van der Waals surface area contributed by atoms with Gasteiger partial charge in [-0.05, 0) is 24.0 Å². The highest BCUT2D eigenvalue weighted by atomic mass is 35.5. The quantitative estimate of drug-likeness (QED) is 0.465. The normalized spacial score (nSPS) is 19.7. The molecule has 1 aromatic carbocycles. The number of nitrogens with one attached hydrogen (secondary N) is 2. The molecule has 5 N–H and O–H groups in total. The largest absolute Gasteiger partial charge is 0.441 e. The van der Waals surface area contributed by atoms with Crippen molar-refractivity contribution in [3.8, 4) is 11.1 Å². The van der Waals surface area contributed by atoms with E-state index in [9.17, 15) is 4.79 Å². The van der Waals surface area contributed by atoms with Crippen LogP contribution in [0, 0.1) is 5.41 Å². The number of hydrogen-bond acceptors (Lipinski definition) is 7. The van der Waals surface area contributed by atoms with Crippen LogP contribution in [0.3, 0.4) is 0 Å². The van der Waals surface area contributed by atoms with Crippen LogP contribution in [0.15, 0.2) is 42.9 Å². The van der Waals surface area contributed by atoms with E-state index in [4.69, 9.17) is 32.6 Å².